The Kier molecular flexibility index (Phi) is 4.07. The van der Waals surface area contributed by atoms with Crippen LogP contribution in [0.4, 0.5) is 10.5 Å². The monoisotopic (exact) mass is 263 g/mol. The number of nitrogens with one attached hydrogen (secondary N) is 2. The van der Waals surface area contributed by atoms with Gasteiger partial charge in [-0.15, -0.1) is 0 Å². The van der Waals surface area contributed by atoms with Crippen molar-refractivity contribution in [2.75, 3.05) is 32.0 Å². The maximum atomic E-state index is 12.0. The molecule has 1 aromatic carbocycles. The summed E-state index contributed by atoms with van der Waals surface area (Å²) < 4.78 is 0. The summed E-state index contributed by atoms with van der Waals surface area (Å²) in [5.74, 6) is 0. The Balaban J connectivity index is 1.90. The first kappa shape index (κ1) is 13.8. The smallest absolute Gasteiger partial charge is 0.321 e. The Morgan fingerprint density at radius 3 is 2.74 bits per heavy atom. The number of rotatable bonds is 3. The highest BCUT2D eigenvalue weighted by Gasteiger charge is 2.33. The molecule has 3 N–H and O–H groups in total. The fourth-order valence-corrected chi connectivity index (χ4v) is 2.23. The third-order valence-electron chi connectivity index (χ3n) is 3.40. The lowest BCUT2D eigenvalue weighted by atomic mass is 10.0. The average Bonchev–Trinajstić information content (AvgIpc) is 2.78. The topological polar surface area (TPSA) is 64.6 Å². The first-order chi connectivity index (χ1) is 8.98. The van der Waals surface area contributed by atoms with Crippen LogP contribution in [0.2, 0.25) is 0 Å². The number of amides is 2. The number of β-amino-alcohol motifs (C(OH)–C–C–N with tert-alkyl or cyclic N) is 1. The van der Waals surface area contributed by atoms with Crippen LogP contribution in [0.25, 0.3) is 0 Å². The molecule has 104 valence electrons. The molecule has 1 aliphatic heterocycles. The third kappa shape index (κ3) is 3.68. The molecule has 19 heavy (non-hydrogen) atoms. The largest absolute Gasteiger partial charge is 0.387 e. The van der Waals surface area contributed by atoms with Gasteiger partial charge in [0.25, 0.3) is 0 Å². The van der Waals surface area contributed by atoms with Crippen molar-refractivity contribution >= 4 is 11.7 Å². The summed E-state index contributed by atoms with van der Waals surface area (Å²) in [6.45, 7) is 3.66. The van der Waals surface area contributed by atoms with Crippen molar-refractivity contribution in [1.29, 1.82) is 0 Å². The van der Waals surface area contributed by atoms with E-state index in [1.165, 1.54) is 4.90 Å². The molecule has 1 atom stereocenters. The quantitative estimate of drug-likeness (QED) is 0.767. The summed E-state index contributed by atoms with van der Waals surface area (Å²) in [6.07, 6.45) is 0.676. The van der Waals surface area contributed by atoms with Crippen LogP contribution in [-0.2, 0) is 0 Å². The summed E-state index contributed by atoms with van der Waals surface area (Å²) in [5, 5.41) is 16.1. The van der Waals surface area contributed by atoms with Gasteiger partial charge in [0.05, 0.1) is 12.1 Å². The minimum absolute atomic E-state index is 0.204. The zero-order valence-corrected chi connectivity index (χ0v) is 11.4. The lowest BCUT2D eigenvalue weighted by Crippen LogP contribution is -2.46. The Morgan fingerprint density at radius 1 is 1.47 bits per heavy atom. The highest BCUT2D eigenvalue weighted by molar-refractivity contribution is 5.89. The van der Waals surface area contributed by atoms with E-state index in [2.05, 4.69) is 10.6 Å². The molecule has 0 aliphatic carbocycles. The predicted octanol–water partition coefficient (Wildman–Crippen LogP) is 1.18. The summed E-state index contributed by atoms with van der Waals surface area (Å²) in [5.41, 5.74) is 1.11. The van der Waals surface area contributed by atoms with Gasteiger partial charge in [-0.3, -0.25) is 0 Å². The van der Waals surface area contributed by atoms with E-state index in [0.717, 1.165) is 17.8 Å². The molecular formula is C14H21N3O2. The molecule has 1 unspecified atom stereocenters. The van der Waals surface area contributed by atoms with E-state index in [1.54, 1.807) is 7.05 Å². The van der Waals surface area contributed by atoms with Crippen molar-refractivity contribution in [3.05, 3.63) is 29.8 Å². The molecule has 0 aromatic heterocycles. The first-order valence-electron chi connectivity index (χ1n) is 6.50. The SMILES string of the molecule is Cc1ccc(NC(=O)N(C)CC2(O)CCNC2)cc1. The van der Waals surface area contributed by atoms with Crippen molar-refractivity contribution in [2.45, 2.75) is 18.9 Å². The molecule has 1 fully saturated rings. The van der Waals surface area contributed by atoms with Crippen molar-refractivity contribution in [3.63, 3.8) is 0 Å². The second kappa shape index (κ2) is 5.59. The van der Waals surface area contributed by atoms with E-state index in [-0.39, 0.29) is 6.03 Å². The van der Waals surface area contributed by atoms with Gasteiger partial charge in [0.15, 0.2) is 0 Å². The van der Waals surface area contributed by atoms with E-state index in [9.17, 15) is 9.90 Å². The van der Waals surface area contributed by atoms with Gasteiger partial charge >= 0.3 is 6.03 Å². The molecule has 2 rings (SSSR count). The number of likely N-dealkylation sites (N-methyl/N-ethyl adjacent to an activating group) is 1. The zero-order valence-electron chi connectivity index (χ0n) is 11.4. The second-order valence-corrected chi connectivity index (χ2v) is 5.30. The fraction of sp³-hybridized carbons (Fsp3) is 0.500. The van der Waals surface area contributed by atoms with Crippen LogP contribution < -0.4 is 10.6 Å². The summed E-state index contributed by atoms with van der Waals surface area (Å²) in [4.78, 5) is 13.5. The van der Waals surface area contributed by atoms with Gasteiger partial charge < -0.3 is 20.6 Å². The first-order valence-corrected chi connectivity index (χ1v) is 6.50. The van der Waals surface area contributed by atoms with Crippen molar-refractivity contribution < 1.29 is 9.90 Å². The van der Waals surface area contributed by atoms with Crippen LogP contribution in [0.15, 0.2) is 24.3 Å². The molecular weight excluding hydrogens is 242 g/mol. The molecule has 1 aliphatic rings. The van der Waals surface area contributed by atoms with Crippen LogP contribution in [-0.4, -0.2) is 48.3 Å². The number of carbonyl (C=O) groups is 1. The molecule has 5 nitrogen and oxygen atoms in total. The van der Waals surface area contributed by atoms with E-state index in [1.807, 2.05) is 31.2 Å². The molecule has 0 bridgehead atoms. The van der Waals surface area contributed by atoms with Crippen LogP contribution in [0, 0.1) is 6.92 Å². The molecule has 2 amide bonds. The van der Waals surface area contributed by atoms with Crippen molar-refractivity contribution in [1.82, 2.24) is 10.2 Å². The molecule has 1 saturated heterocycles. The fourth-order valence-electron chi connectivity index (χ4n) is 2.23. The summed E-state index contributed by atoms with van der Waals surface area (Å²) in [6, 6.07) is 7.43. The number of anilines is 1. The number of urea groups is 1. The van der Waals surface area contributed by atoms with Gasteiger partial charge in [-0.1, -0.05) is 17.7 Å². The normalized spacial score (nSPS) is 22.3. The number of aryl methyl sites for hydroxylation is 1. The number of carbonyl (C=O) groups excluding carboxylic acids is 1. The van der Waals surface area contributed by atoms with E-state index in [4.69, 9.17) is 0 Å². The Hall–Kier alpha value is -1.59. The van der Waals surface area contributed by atoms with Gasteiger partial charge in [0.1, 0.15) is 0 Å². The summed E-state index contributed by atoms with van der Waals surface area (Å²) in [7, 11) is 1.69. The number of nitrogens with zero attached hydrogens (tertiary/aromatic N) is 1. The molecule has 5 heteroatoms. The Morgan fingerprint density at radius 2 is 2.16 bits per heavy atom. The standard InChI is InChI=1S/C14H21N3O2/c1-11-3-5-12(6-4-11)16-13(18)17(2)10-14(19)7-8-15-9-14/h3-6,15,19H,7-10H2,1-2H3,(H,16,18). The average molecular weight is 263 g/mol. The summed E-state index contributed by atoms with van der Waals surface area (Å²) >= 11 is 0. The number of hydrogen-bond acceptors (Lipinski definition) is 3. The lowest BCUT2D eigenvalue weighted by molar-refractivity contribution is 0.0384. The van der Waals surface area contributed by atoms with Gasteiger partial charge in [-0.05, 0) is 32.0 Å². The van der Waals surface area contributed by atoms with Gasteiger partial charge in [0.2, 0.25) is 0 Å². The van der Waals surface area contributed by atoms with Gasteiger partial charge in [0, 0.05) is 19.3 Å². The maximum Gasteiger partial charge on any atom is 0.321 e. The van der Waals surface area contributed by atoms with Crippen molar-refractivity contribution in [3.8, 4) is 0 Å². The second-order valence-electron chi connectivity index (χ2n) is 5.30. The van der Waals surface area contributed by atoms with Crippen LogP contribution >= 0.6 is 0 Å². The Labute approximate surface area is 113 Å². The van der Waals surface area contributed by atoms with Crippen molar-refractivity contribution in [2.24, 2.45) is 0 Å². The van der Waals surface area contributed by atoms with Crippen LogP contribution in [0.1, 0.15) is 12.0 Å². The molecule has 1 heterocycles. The number of hydrogen-bond donors (Lipinski definition) is 3. The highest BCUT2D eigenvalue weighted by atomic mass is 16.3. The van der Waals surface area contributed by atoms with E-state index < -0.39 is 5.60 Å². The Bertz CT molecular complexity index is 439. The molecule has 0 saturated carbocycles. The van der Waals surface area contributed by atoms with E-state index in [0.29, 0.717) is 19.5 Å². The van der Waals surface area contributed by atoms with Crippen LogP contribution in [0.5, 0.6) is 0 Å². The number of benzene rings is 1. The van der Waals surface area contributed by atoms with E-state index >= 15 is 0 Å². The van der Waals surface area contributed by atoms with Gasteiger partial charge in [-0.2, -0.15) is 0 Å². The zero-order chi connectivity index (χ0) is 13.9. The molecule has 1 aromatic rings. The third-order valence-corrected chi connectivity index (χ3v) is 3.40. The molecule has 0 spiro atoms. The predicted molar refractivity (Wildman–Crippen MR) is 75.3 cm³/mol. The lowest BCUT2D eigenvalue weighted by Gasteiger charge is -2.28. The van der Waals surface area contributed by atoms with Crippen LogP contribution in [0.3, 0.4) is 0 Å². The number of aliphatic hydroxyl groups is 1. The maximum absolute atomic E-state index is 12.0. The highest BCUT2D eigenvalue weighted by Crippen LogP contribution is 2.16. The van der Waals surface area contributed by atoms with Gasteiger partial charge in [-0.25, -0.2) is 4.79 Å². The minimum Gasteiger partial charge on any atom is -0.387 e. The minimum atomic E-state index is -0.806. The molecule has 0 radical (unpaired) electrons.